The SMILES string of the molecule is CNC(C)CCC(=O)NC(CSSCC(NC(=O)CCC(C)NC(=O)CN(CCN(CCN(CC(C)=O)CC(=O)[O-])CC(=O)[O-])CC(=O)[O-])C(=O)NCC(C)=O)C(=O)NCC(C)=O.[Gd+3]. The molecular weight excluding hydrogens is 1030 g/mol. The van der Waals surface area contributed by atoms with E-state index in [9.17, 15) is 68.1 Å². The van der Waals surface area contributed by atoms with E-state index in [-0.39, 0.29) is 146 Å². The minimum atomic E-state index is -1.52. The molecule has 4 unspecified atom stereocenters. The topological polar surface area (TPSA) is 339 Å². The minimum absolute atomic E-state index is 0. The summed E-state index contributed by atoms with van der Waals surface area (Å²) in [5, 5.41) is 49.8. The second-order valence-electron chi connectivity index (χ2n) is 14.9. The van der Waals surface area contributed by atoms with Crippen LogP contribution >= 0.6 is 21.6 Å². The minimum Gasteiger partial charge on any atom is -0.549 e. The summed E-state index contributed by atoms with van der Waals surface area (Å²) in [5.74, 6) is -8.21. The number of carboxylic acid groups (broad SMARTS) is 3. The number of aliphatic carboxylic acids is 3. The van der Waals surface area contributed by atoms with Crippen molar-refractivity contribution in [1.82, 2.24) is 46.6 Å². The van der Waals surface area contributed by atoms with Gasteiger partial charge in [-0.25, -0.2) is 0 Å². The zero-order valence-electron chi connectivity index (χ0n) is 37.1. The predicted molar refractivity (Wildman–Crippen MR) is 226 cm³/mol. The Morgan fingerprint density at radius 2 is 0.875 bits per heavy atom. The van der Waals surface area contributed by atoms with Gasteiger partial charge in [0.1, 0.15) is 29.4 Å². The molecule has 0 bridgehead atoms. The summed E-state index contributed by atoms with van der Waals surface area (Å²) >= 11 is 0. The summed E-state index contributed by atoms with van der Waals surface area (Å²) in [6, 6.07) is -2.73. The number of hydrogen-bond donors (Lipinski definition) is 6. The fourth-order valence-electron chi connectivity index (χ4n) is 5.36. The van der Waals surface area contributed by atoms with Gasteiger partial charge >= 0.3 is 39.9 Å². The van der Waals surface area contributed by atoms with E-state index in [1.54, 1.807) is 14.0 Å². The Labute approximate surface area is 413 Å². The Balaban J connectivity index is 0. The third-order valence-electron chi connectivity index (χ3n) is 8.72. The van der Waals surface area contributed by atoms with Crippen LogP contribution in [0.3, 0.4) is 0 Å². The third-order valence-corrected chi connectivity index (χ3v) is 11.1. The molecule has 0 rings (SSSR count). The fourth-order valence-corrected chi connectivity index (χ4v) is 7.69. The Morgan fingerprint density at radius 1 is 0.500 bits per heavy atom. The molecule has 0 saturated carbocycles. The first-order valence-corrected chi connectivity index (χ1v) is 22.6. The number of ketones is 3. The summed E-state index contributed by atoms with van der Waals surface area (Å²) in [7, 11) is 3.99. The van der Waals surface area contributed by atoms with Gasteiger partial charge in [-0.2, -0.15) is 0 Å². The molecule has 5 amide bonds. The van der Waals surface area contributed by atoms with Crippen molar-refractivity contribution in [3.05, 3.63) is 0 Å². The molecule has 0 aromatic heterocycles. The summed E-state index contributed by atoms with van der Waals surface area (Å²) in [6.07, 6.45) is 0.552. The van der Waals surface area contributed by atoms with Crippen LogP contribution in [0.1, 0.15) is 60.3 Å². The van der Waals surface area contributed by atoms with E-state index in [0.717, 1.165) is 21.6 Å². The van der Waals surface area contributed by atoms with Gasteiger partial charge in [0, 0.05) is 82.2 Å². The van der Waals surface area contributed by atoms with Gasteiger partial charge in [-0.05, 0) is 54.5 Å². The monoisotopic (exact) mass is 1090 g/mol. The number of rotatable bonds is 37. The molecule has 4 atom stereocenters. The van der Waals surface area contributed by atoms with Crippen LogP contribution in [0, 0.1) is 39.9 Å². The number of carboxylic acids is 3. The quantitative estimate of drug-likeness (QED) is 0.0249. The molecule has 26 heteroatoms. The molecule has 0 spiro atoms. The average molecular weight is 1090 g/mol. The van der Waals surface area contributed by atoms with Gasteiger partial charge in [-0.15, -0.1) is 0 Å². The van der Waals surface area contributed by atoms with Gasteiger partial charge in [0.05, 0.1) is 44.1 Å². The Morgan fingerprint density at radius 3 is 1.25 bits per heavy atom. The molecule has 0 aromatic rings. The fraction of sp³-hybridized carbons (Fsp3) is 0.711. The summed E-state index contributed by atoms with van der Waals surface area (Å²) in [4.78, 5) is 137. The smallest absolute Gasteiger partial charge is 0.549 e. The molecular formula is C38H62GdN9O14S2. The van der Waals surface area contributed by atoms with Gasteiger partial charge < -0.3 is 61.6 Å². The number of amides is 5. The molecule has 0 aromatic carbocycles. The van der Waals surface area contributed by atoms with Gasteiger partial charge in [-0.3, -0.25) is 53.1 Å². The molecule has 0 saturated heterocycles. The first-order valence-electron chi connectivity index (χ1n) is 20.1. The van der Waals surface area contributed by atoms with Crippen LogP contribution in [-0.4, -0.2) is 194 Å². The van der Waals surface area contributed by atoms with Crippen molar-refractivity contribution in [3.63, 3.8) is 0 Å². The molecule has 64 heavy (non-hydrogen) atoms. The van der Waals surface area contributed by atoms with Crippen molar-refractivity contribution in [1.29, 1.82) is 0 Å². The van der Waals surface area contributed by atoms with E-state index in [2.05, 4.69) is 31.9 Å². The van der Waals surface area contributed by atoms with E-state index in [0.29, 0.717) is 6.42 Å². The predicted octanol–water partition coefficient (Wildman–Crippen LogP) is -6.83. The normalized spacial score (nSPS) is 12.8. The zero-order chi connectivity index (χ0) is 48.1. The summed E-state index contributed by atoms with van der Waals surface area (Å²) in [6.45, 7) is 3.86. The van der Waals surface area contributed by atoms with Gasteiger partial charge in [-0.1, -0.05) is 21.6 Å². The summed E-state index contributed by atoms with van der Waals surface area (Å²) in [5.41, 5.74) is 0. The number of nitrogens with zero attached hydrogens (tertiary/aromatic N) is 3. The molecule has 1 radical (unpaired) electrons. The Bertz CT molecular complexity index is 1570. The number of carbonyl (C=O) groups is 11. The zero-order valence-corrected chi connectivity index (χ0v) is 41.0. The van der Waals surface area contributed by atoms with Crippen LogP contribution < -0.4 is 47.2 Å². The number of hydrogen-bond acceptors (Lipinski definition) is 20. The van der Waals surface area contributed by atoms with E-state index in [1.165, 1.54) is 35.5 Å². The third kappa shape index (κ3) is 34.0. The van der Waals surface area contributed by atoms with Crippen LogP contribution in [-0.2, 0) is 52.7 Å². The second kappa shape index (κ2) is 35.8. The van der Waals surface area contributed by atoms with E-state index < -0.39 is 85.8 Å². The van der Waals surface area contributed by atoms with Crippen LogP contribution in [0.5, 0.6) is 0 Å². The van der Waals surface area contributed by atoms with Gasteiger partial charge in [0.25, 0.3) is 0 Å². The Kier molecular flexibility index (Phi) is 35.1. The Hall–Kier alpha value is -3.37. The second-order valence-corrected chi connectivity index (χ2v) is 17.5. The van der Waals surface area contributed by atoms with Gasteiger partial charge in [0.15, 0.2) is 0 Å². The number of Topliss-reactive ketones (excluding diaryl/α,β-unsaturated/α-hetero) is 3. The van der Waals surface area contributed by atoms with Crippen molar-refractivity contribution < 1.29 is 108 Å². The maximum absolute atomic E-state index is 13.0. The molecule has 0 aliphatic carbocycles. The molecule has 363 valence electrons. The maximum Gasteiger partial charge on any atom is 3.00 e. The van der Waals surface area contributed by atoms with E-state index in [4.69, 9.17) is 0 Å². The molecule has 0 heterocycles. The van der Waals surface area contributed by atoms with E-state index >= 15 is 0 Å². The molecule has 0 aliphatic heterocycles. The molecule has 0 aliphatic rings. The van der Waals surface area contributed by atoms with Crippen LogP contribution in [0.15, 0.2) is 0 Å². The van der Waals surface area contributed by atoms with Crippen molar-refractivity contribution >= 4 is 86.4 Å². The molecule has 23 nitrogen and oxygen atoms in total. The maximum atomic E-state index is 13.0. The molecule has 0 fully saturated rings. The average Bonchev–Trinajstić information content (AvgIpc) is 3.17. The molecule has 6 N–H and O–H groups in total. The van der Waals surface area contributed by atoms with Crippen LogP contribution in [0.25, 0.3) is 0 Å². The van der Waals surface area contributed by atoms with Crippen molar-refractivity contribution in [3.8, 4) is 0 Å². The van der Waals surface area contributed by atoms with Crippen LogP contribution in [0.4, 0.5) is 0 Å². The van der Waals surface area contributed by atoms with Crippen molar-refractivity contribution in [2.24, 2.45) is 0 Å². The first kappa shape index (κ1) is 62.7. The standard InChI is InChI=1S/C38H65N9O14S2.Gd/c1-24(39-6)7-9-31(51)43-29(37(60)40-15-26(3)48)22-62-63-23-30(38(61)41-16-27(4)49)44-32(52)10-8-25(2)42-33(53)18-47(21-36(58)59)14-12-45(19-34(54)55)11-13-46(17-28(5)50)20-35(56)57;/h24-25,29-30,39H,7-23H2,1-6H3,(H,40,60)(H,41,61)(H,42,53)(H,43,51)(H,44,52)(H,54,55)(H,56,57)(H,58,59);/q;+3/p-3. The van der Waals surface area contributed by atoms with Crippen LogP contribution in [0.2, 0.25) is 0 Å². The first-order chi connectivity index (χ1) is 29.5. The number of carbonyl (C=O) groups excluding carboxylic acids is 11. The number of nitrogens with one attached hydrogen (secondary N) is 6. The van der Waals surface area contributed by atoms with Crippen molar-refractivity contribution in [2.75, 3.05) is 90.5 Å². The summed E-state index contributed by atoms with van der Waals surface area (Å²) < 4.78 is 0. The van der Waals surface area contributed by atoms with E-state index in [1.807, 2.05) is 6.92 Å². The van der Waals surface area contributed by atoms with Crippen molar-refractivity contribution in [2.45, 2.75) is 84.5 Å². The van der Waals surface area contributed by atoms with Gasteiger partial charge in [0.2, 0.25) is 29.5 Å². The largest absolute Gasteiger partial charge is 3.00 e.